The quantitative estimate of drug-likeness (QED) is 0.317. The predicted molar refractivity (Wildman–Crippen MR) is 149 cm³/mol. The second-order valence-corrected chi connectivity index (χ2v) is 9.66. The van der Waals surface area contributed by atoms with Gasteiger partial charge in [0, 0.05) is 18.4 Å². The summed E-state index contributed by atoms with van der Waals surface area (Å²) in [6.45, 7) is 6.68. The van der Waals surface area contributed by atoms with Crippen LogP contribution in [-0.4, -0.2) is 71.0 Å². The molecule has 2 aromatic heterocycles. The standard InChI is InChI=1S/C29H34N6O3/c1-19-14-22(11-13-25(19)38-23-12-10-20(2)30-15-23)33-29-28-24(31-18-32-29)8-7-9-26(28)37-21(3)16-35(6)27(36)17-34(4)5/h7-15,18,21H,16-17H2,1-6H3,(H,31,32,33)/t21-/m1/s1. The van der Waals surface area contributed by atoms with Crippen LogP contribution in [0.2, 0.25) is 0 Å². The number of hydrogen-bond donors (Lipinski definition) is 1. The van der Waals surface area contributed by atoms with E-state index in [1.165, 1.54) is 6.33 Å². The number of likely N-dealkylation sites (N-methyl/N-ethyl adjacent to an activating group) is 2. The molecular formula is C29H34N6O3. The van der Waals surface area contributed by atoms with Gasteiger partial charge in [-0.1, -0.05) is 6.07 Å². The fraction of sp³-hybridized carbons (Fsp3) is 0.310. The minimum atomic E-state index is -0.236. The Bertz CT molecular complexity index is 1400. The van der Waals surface area contributed by atoms with Crippen molar-refractivity contribution in [2.75, 3.05) is 39.5 Å². The first-order valence-corrected chi connectivity index (χ1v) is 12.5. The number of amides is 1. The highest BCUT2D eigenvalue weighted by molar-refractivity contribution is 5.95. The lowest BCUT2D eigenvalue weighted by Crippen LogP contribution is -2.40. The zero-order valence-corrected chi connectivity index (χ0v) is 22.7. The summed E-state index contributed by atoms with van der Waals surface area (Å²) in [4.78, 5) is 29.1. The first-order valence-electron chi connectivity index (χ1n) is 12.5. The fourth-order valence-corrected chi connectivity index (χ4v) is 4.02. The Morgan fingerprint density at radius 2 is 1.82 bits per heavy atom. The third-order valence-electron chi connectivity index (χ3n) is 5.91. The van der Waals surface area contributed by atoms with Gasteiger partial charge in [-0.05, 0) is 82.9 Å². The monoisotopic (exact) mass is 514 g/mol. The fourth-order valence-electron chi connectivity index (χ4n) is 4.02. The molecule has 0 saturated heterocycles. The number of carbonyl (C=O) groups excluding carboxylic acids is 1. The van der Waals surface area contributed by atoms with Crippen molar-refractivity contribution in [3.05, 3.63) is 72.3 Å². The maximum atomic E-state index is 12.4. The average molecular weight is 515 g/mol. The van der Waals surface area contributed by atoms with E-state index in [9.17, 15) is 4.79 Å². The van der Waals surface area contributed by atoms with E-state index >= 15 is 0 Å². The van der Waals surface area contributed by atoms with Crippen LogP contribution in [0.3, 0.4) is 0 Å². The molecule has 1 N–H and O–H groups in total. The number of hydrogen-bond acceptors (Lipinski definition) is 8. The molecule has 0 aliphatic heterocycles. The molecular weight excluding hydrogens is 480 g/mol. The molecule has 1 amide bonds. The maximum Gasteiger partial charge on any atom is 0.236 e. The van der Waals surface area contributed by atoms with Crippen molar-refractivity contribution in [1.82, 2.24) is 24.8 Å². The molecule has 0 saturated carbocycles. The van der Waals surface area contributed by atoms with Gasteiger partial charge in [0.15, 0.2) is 0 Å². The number of rotatable bonds is 10. The third kappa shape index (κ3) is 6.74. The zero-order chi connectivity index (χ0) is 27.2. The van der Waals surface area contributed by atoms with E-state index in [4.69, 9.17) is 9.47 Å². The number of aryl methyl sites for hydroxylation is 2. The molecule has 0 radical (unpaired) electrons. The van der Waals surface area contributed by atoms with E-state index in [0.717, 1.165) is 33.6 Å². The van der Waals surface area contributed by atoms with Gasteiger partial charge in [0.25, 0.3) is 0 Å². The van der Waals surface area contributed by atoms with Crippen LogP contribution in [0.1, 0.15) is 18.2 Å². The van der Waals surface area contributed by atoms with Gasteiger partial charge in [0.1, 0.15) is 35.5 Å². The molecule has 9 heteroatoms. The van der Waals surface area contributed by atoms with Crippen LogP contribution >= 0.6 is 0 Å². The number of pyridine rings is 1. The van der Waals surface area contributed by atoms with Crippen LogP contribution in [0.15, 0.2) is 61.1 Å². The van der Waals surface area contributed by atoms with Crippen LogP contribution in [0.5, 0.6) is 17.2 Å². The summed E-state index contributed by atoms with van der Waals surface area (Å²) in [5, 5.41) is 4.18. The summed E-state index contributed by atoms with van der Waals surface area (Å²) < 4.78 is 12.3. The molecule has 0 spiro atoms. The van der Waals surface area contributed by atoms with Gasteiger partial charge < -0.3 is 24.6 Å². The molecule has 2 aromatic carbocycles. The lowest BCUT2D eigenvalue weighted by molar-refractivity contribution is -0.131. The number of ether oxygens (including phenoxy) is 2. The van der Waals surface area contributed by atoms with E-state index in [2.05, 4.69) is 20.3 Å². The van der Waals surface area contributed by atoms with Crippen molar-refractivity contribution >= 4 is 28.3 Å². The van der Waals surface area contributed by atoms with Crippen molar-refractivity contribution in [1.29, 1.82) is 0 Å². The van der Waals surface area contributed by atoms with Crippen LogP contribution in [0.4, 0.5) is 11.5 Å². The molecule has 2 heterocycles. The molecule has 4 aromatic rings. The maximum absolute atomic E-state index is 12.4. The van der Waals surface area contributed by atoms with Crippen molar-refractivity contribution in [2.45, 2.75) is 26.9 Å². The van der Waals surface area contributed by atoms with Crippen LogP contribution in [-0.2, 0) is 4.79 Å². The molecule has 1 atom stereocenters. The highest BCUT2D eigenvalue weighted by Gasteiger charge is 2.17. The summed E-state index contributed by atoms with van der Waals surface area (Å²) >= 11 is 0. The van der Waals surface area contributed by atoms with Gasteiger partial charge in [-0.25, -0.2) is 9.97 Å². The Morgan fingerprint density at radius 3 is 2.53 bits per heavy atom. The van der Waals surface area contributed by atoms with Crippen molar-refractivity contribution in [2.24, 2.45) is 0 Å². The van der Waals surface area contributed by atoms with Crippen LogP contribution < -0.4 is 14.8 Å². The molecule has 198 valence electrons. The lowest BCUT2D eigenvalue weighted by atomic mass is 10.1. The van der Waals surface area contributed by atoms with Gasteiger partial charge in [-0.3, -0.25) is 9.78 Å². The summed E-state index contributed by atoms with van der Waals surface area (Å²) in [6.07, 6.45) is 3.01. The Morgan fingerprint density at radius 1 is 1.00 bits per heavy atom. The van der Waals surface area contributed by atoms with Gasteiger partial charge in [-0.15, -0.1) is 0 Å². The summed E-state index contributed by atoms with van der Waals surface area (Å²) in [5.74, 6) is 2.75. The van der Waals surface area contributed by atoms with E-state index < -0.39 is 0 Å². The first-order chi connectivity index (χ1) is 18.2. The number of aromatic nitrogens is 3. The number of nitrogens with one attached hydrogen (secondary N) is 1. The van der Waals surface area contributed by atoms with Gasteiger partial charge in [0.05, 0.1) is 30.2 Å². The lowest BCUT2D eigenvalue weighted by Gasteiger charge is -2.24. The Kier molecular flexibility index (Phi) is 8.38. The number of carbonyl (C=O) groups is 1. The minimum absolute atomic E-state index is 0.0375. The minimum Gasteiger partial charge on any atom is -0.488 e. The second-order valence-electron chi connectivity index (χ2n) is 9.66. The molecule has 0 bridgehead atoms. The zero-order valence-electron chi connectivity index (χ0n) is 22.7. The van der Waals surface area contributed by atoms with Crippen molar-refractivity contribution in [3.63, 3.8) is 0 Å². The second kappa shape index (κ2) is 11.9. The molecule has 9 nitrogen and oxygen atoms in total. The molecule has 4 rings (SSSR count). The predicted octanol–water partition coefficient (Wildman–Crippen LogP) is 4.96. The number of benzene rings is 2. The summed E-state index contributed by atoms with van der Waals surface area (Å²) in [7, 11) is 5.54. The molecule has 0 fully saturated rings. The van der Waals surface area contributed by atoms with Crippen LogP contribution in [0.25, 0.3) is 10.9 Å². The number of fused-ring (bicyclic) bond motifs is 1. The smallest absolute Gasteiger partial charge is 0.236 e. The van der Waals surface area contributed by atoms with E-state index in [1.54, 1.807) is 18.1 Å². The summed E-state index contributed by atoms with van der Waals surface area (Å²) in [6, 6.07) is 15.4. The van der Waals surface area contributed by atoms with E-state index in [0.29, 0.717) is 30.4 Å². The average Bonchev–Trinajstić information content (AvgIpc) is 2.86. The first kappa shape index (κ1) is 26.8. The topological polar surface area (TPSA) is 92.7 Å². The molecule has 0 aliphatic rings. The number of anilines is 2. The van der Waals surface area contributed by atoms with Crippen molar-refractivity contribution in [3.8, 4) is 17.2 Å². The Balaban J connectivity index is 1.53. The summed E-state index contributed by atoms with van der Waals surface area (Å²) in [5.41, 5.74) is 3.51. The highest BCUT2D eigenvalue weighted by Crippen LogP contribution is 2.34. The molecule has 38 heavy (non-hydrogen) atoms. The Labute approximate surface area is 223 Å². The van der Waals surface area contributed by atoms with E-state index in [1.807, 2.05) is 88.3 Å². The normalized spacial score (nSPS) is 11.9. The van der Waals surface area contributed by atoms with E-state index in [-0.39, 0.29) is 12.0 Å². The third-order valence-corrected chi connectivity index (χ3v) is 5.91. The largest absolute Gasteiger partial charge is 0.488 e. The molecule has 0 unspecified atom stereocenters. The van der Waals surface area contributed by atoms with Gasteiger partial charge in [0.2, 0.25) is 5.91 Å². The highest BCUT2D eigenvalue weighted by atomic mass is 16.5. The van der Waals surface area contributed by atoms with Gasteiger partial charge in [-0.2, -0.15) is 0 Å². The van der Waals surface area contributed by atoms with Gasteiger partial charge >= 0.3 is 0 Å². The SMILES string of the molecule is Cc1ccc(Oc2ccc(Nc3ncnc4cccc(O[C@H](C)CN(C)C(=O)CN(C)C)c34)cc2C)cn1. The van der Waals surface area contributed by atoms with Crippen LogP contribution in [0, 0.1) is 13.8 Å². The Hall–Kier alpha value is -4.24. The molecule has 0 aliphatic carbocycles. The number of nitrogens with zero attached hydrogens (tertiary/aromatic N) is 5. The van der Waals surface area contributed by atoms with Crippen molar-refractivity contribution < 1.29 is 14.3 Å².